The molecule has 0 aliphatic rings. The van der Waals surface area contributed by atoms with Crippen molar-refractivity contribution in [2.24, 2.45) is 0 Å². The second-order valence-corrected chi connectivity index (χ2v) is 7.29. The Morgan fingerprint density at radius 2 is 2.00 bits per heavy atom. The minimum atomic E-state index is -0.384. The molecule has 0 aliphatic carbocycles. The number of rotatable bonds is 7. The molecule has 6 nitrogen and oxygen atoms in total. The van der Waals surface area contributed by atoms with Gasteiger partial charge in [-0.1, -0.05) is 43.8 Å². The van der Waals surface area contributed by atoms with Crippen LogP contribution in [-0.2, 0) is 4.79 Å². The number of para-hydroxylation sites is 1. The van der Waals surface area contributed by atoms with E-state index in [1.807, 2.05) is 25.1 Å². The molecule has 26 heavy (non-hydrogen) atoms. The minimum Gasteiger partial charge on any atom is -0.459 e. The summed E-state index contributed by atoms with van der Waals surface area (Å²) >= 11 is 1.22. The largest absolute Gasteiger partial charge is 0.459 e. The van der Waals surface area contributed by atoms with Crippen LogP contribution in [0.2, 0.25) is 0 Å². The first kappa shape index (κ1) is 18.3. The number of furan rings is 1. The molecule has 0 unspecified atom stereocenters. The molecule has 0 saturated heterocycles. The molecule has 3 rings (SSSR count). The maximum absolute atomic E-state index is 12.6. The van der Waals surface area contributed by atoms with Crippen molar-refractivity contribution in [1.82, 2.24) is 10.2 Å². The molecular formula is C19H21N3O3S. The Balaban J connectivity index is 1.66. The summed E-state index contributed by atoms with van der Waals surface area (Å²) in [6.07, 6.45) is 2.55. The third-order valence-electron chi connectivity index (χ3n) is 4.15. The Hall–Kier alpha value is -2.54. The van der Waals surface area contributed by atoms with Crippen molar-refractivity contribution < 1.29 is 13.6 Å². The van der Waals surface area contributed by atoms with Gasteiger partial charge in [0.05, 0.1) is 11.5 Å². The topological polar surface area (TPSA) is 81.2 Å². The van der Waals surface area contributed by atoms with Crippen LogP contribution in [0.15, 0.2) is 56.7 Å². The standard InChI is InChI=1S/C19H21N3O3S/c1-4-12(2)14-8-5-6-9-15(14)20-17(23)13(3)26-19-22-21-18(25-19)16-10-7-11-24-16/h5-13H,4H2,1-3H3,(H,20,23)/t12-,13-/m1/s1. The van der Waals surface area contributed by atoms with Gasteiger partial charge in [-0.05, 0) is 43.0 Å². The molecule has 0 saturated carbocycles. The number of amides is 1. The second kappa shape index (κ2) is 8.23. The number of nitrogens with zero attached hydrogens (tertiary/aromatic N) is 2. The van der Waals surface area contributed by atoms with Crippen molar-refractivity contribution in [3.8, 4) is 11.7 Å². The van der Waals surface area contributed by atoms with E-state index in [2.05, 4.69) is 35.4 Å². The van der Waals surface area contributed by atoms with Crippen LogP contribution >= 0.6 is 11.8 Å². The van der Waals surface area contributed by atoms with Crippen LogP contribution in [0.1, 0.15) is 38.7 Å². The normalized spacial score (nSPS) is 13.3. The molecule has 136 valence electrons. The lowest BCUT2D eigenvalue weighted by Crippen LogP contribution is -2.23. The summed E-state index contributed by atoms with van der Waals surface area (Å²) in [6.45, 7) is 6.09. The monoisotopic (exact) mass is 371 g/mol. The van der Waals surface area contributed by atoms with Crippen molar-refractivity contribution in [3.63, 3.8) is 0 Å². The van der Waals surface area contributed by atoms with Crippen molar-refractivity contribution in [2.75, 3.05) is 5.32 Å². The van der Waals surface area contributed by atoms with Crippen LogP contribution in [0.5, 0.6) is 0 Å². The predicted molar refractivity (Wildman–Crippen MR) is 101 cm³/mol. The van der Waals surface area contributed by atoms with E-state index in [1.54, 1.807) is 12.1 Å². The number of anilines is 1. The van der Waals surface area contributed by atoms with Crippen molar-refractivity contribution in [2.45, 2.75) is 43.6 Å². The van der Waals surface area contributed by atoms with Gasteiger partial charge < -0.3 is 14.2 Å². The van der Waals surface area contributed by atoms with Gasteiger partial charge in [0.2, 0.25) is 5.91 Å². The van der Waals surface area contributed by atoms with E-state index in [0.29, 0.717) is 22.8 Å². The number of carbonyl (C=O) groups is 1. The van der Waals surface area contributed by atoms with Gasteiger partial charge in [0, 0.05) is 5.69 Å². The van der Waals surface area contributed by atoms with Crippen LogP contribution in [-0.4, -0.2) is 21.4 Å². The van der Waals surface area contributed by atoms with Crippen molar-refractivity contribution in [1.29, 1.82) is 0 Å². The van der Waals surface area contributed by atoms with Gasteiger partial charge >= 0.3 is 0 Å². The zero-order valence-corrected chi connectivity index (χ0v) is 15.7. The number of thioether (sulfide) groups is 1. The lowest BCUT2D eigenvalue weighted by Gasteiger charge is -2.17. The minimum absolute atomic E-state index is 0.108. The second-order valence-electron chi connectivity index (χ2n) is 6.00. The average Bonchev–Trinajstić information content (AvgIpc) is 3.33. The summed E-state index contributed by atoms with van der Waals surface area (Å²) in [5.41, 5.74) is 1.99. The molecule has 0 bridgehead atoms. The number of benzene rings is 1. The third-order valence-corrected chi connectivity index (χ3v) is 5.08. The van der Waals surface area contributed by atoms with Crippen LogP contribution in [0.3, 0.4) is 0 Å². The molecule has 2 heterocycles. The molecular weight excluding hydrogens is 350 g/mol. The summed E-state index contributed by atoms with van der Waals surface area (Å²) in [5, 5.41) is 10.9. The molecule has 1 amide bonds. The SMILES string of the molecule is CC[C@@H](C)c1ccccc1NC(=O)[C@@H](C)Sc1nnc(-c2ccco2)o1. The third kappa shape index (κ3) is 4.16. The van der Waals surface area contributed by atoms with Crippen LogP contribution < -0.4 is 5.32 Å². The van der Waals surface area contributed by atoms with Gasteiger partial charge in [-0.2, -0.15) is 0 Å². The highest BCUT2D eigenvalue weighted by Crippen LogP contribution is 2.29. The zero-order valence-electron chi connectivity index (χ0n) is 14.9. The number of aromatic nitrogens is 2. The molecule has 3 aromatic rings. The maximum Gasteiger partial charge on any atom is 0.284 e. The molecule has 0 spiro atoms. The van der Waals surface area contributed by atoms with E-state index in [9.17, 15) is 4.79 Å². The first-order valence-corrected chi connectivity index (χ1v) is 9.40. The van der Waals surface area contributed by atoms with Crippen LogP contribution in [0.25, 0.3) is 11.7 Å². The summed E-state index contributed by atoms with van der Waals surface area (Å²) in [6, 6.07) is 11.4. The van der Waals surface area contributed by atoms with Crippen molar-refractivity contribution in [3.05, 3.63) is 48.2 Å². The van der Waals surface area contributed by atoms with Gasteiger partial charge in [0.1, 0.15) is 0 Å². The predicted octanol–water partition coefficient (Wildman–Crippen LogP) is 4.96. The fourth-order valence-corrected chi connectivity index (χ4v) is 3.14. The van der Waals surface area contributed by atoms with Gasteiger partial charge in [0.25, 0.3) is 11.1 Å². The summed E-state index contributed by atoms with van der Waals surface area (Å²) in [5.74, 6) is 1.07. The first-order chi connectivity index (χ1) is 12.6. The fraction of sp³-hybridized carbons (Fsp3) is 0.316. The molecule has 0 aliphatic heterocycles. The highest BCUT2D eigenvalue weighted by Gasteiger charge is 2.20. The molecule has 0 radical (unpaired) electrons. The maximum atomic E-state index is 12.6. The van der Waals surface area contributed by atoms with Gasteiger partial charge in [0.15, 0.2) is 5.76 Å². The summed E-state index contributed by atoms with van der Waals surface area (Å²) in [4.78, 5) is 12.6. The molecule has 1 N–H and O–H groups in total. The highest BCUT2D eigenvalue weighted by molar-refractivity contribution is 8.00. The molecule has 1 aromatic carbocycles. The van der Waals surface area contributed by atoms with E-state index in [-0.39, 0.29) is 11.2 Å². The Kier molecular flexibility index (Phi) is 5.78. The molecule has 7 heteroatoms. The van der Waals surface area contributed by atoms with E-state index in [1.165, 1.54) is 18.0 Å². The highest BCUT2D eigenvalue weighted by atomic mass is 32.2. The van der Waals surface area contributed by atoms with E-state index in [0.717, 1.165) is 17.7 Å². The average molecular weight is 371 g/mol. The Bertz CT molecular complexity index is 861. The van der Waals surface area contributed by atoms with Gasteiger partial charge in [-0.15, -0.1) is 10.2 Å². The summed E-state index contributed by atoms with van der Waals surface area (Å²) < 4.78 is 10.8. The van der Waals surface area contributed by atoms with Crippen molar-refractivity contribution >= 4 is 23.4 Å². The lowest BCUT2D eigenvalue weighted by atomic mass is 9.97. The first-order valence-electron chi connectivity index (χ1n) is 8.52. The van der Waals surface area contributed by atoms with Crippen LogP contribution in [0.4, 0.5) is 5.69 Å². The van der Waals surface area contributed by atoms with Crippen LogP contribution in [0, 0.1) is 0 Å². The zero-order chi connectivity index (χ0) is 18.5. The number of carbonyl (C=O) groups excluding carboxylic acids is 1. The Morgan fingerprint density at radius 3 is 2.73 bits per heavy atom. The molecule has 0 fully saturated rings. The lowest BCUT2D eigenvalue weighted by molar-refractivity contribution is -0.115. The number of hydrogen-bond donors (Lipinski definition) is 1. The summed E-state index contributed by atoms with van der Waals surface area (Å²) in [7, 11) is 0. The number of nitrogens with one attached hydrogen (secondary N) is 1. The smallest absolute Gasteiger partial charge is 0.284 e. The number of hydrogen-bond acceptors (Lipinski definition) is 6. The fourth-order valence-electron chi connectivity index (χ4n) is 2.46. The van der Waals surface area contributed by atoms with E-state index in [4.69, 9.17) is 8.83 Å². The Labute approximate surface area is 156 Å². The van der Waals surface area contributed by atoms with E-state index >= 15 is 0 Å². The Morgan fingerprint density at radius 1 is 1.19 bits per heavy atom. The van der Waals surface area contributed by atoms with Gasteiger partial charge in [-0.25, -0.2) is 0 Å². The molecule has 2 atom stereocenters. The van der Waals surface area contributed by atoms with Gasteiger partial charge in [-0.3, -0.25) is 4.79 Å². The molecule has 2 aromatic heterocycles. The van der Waals surface area contributed by atoms with E-state index < -0.39 is 0 Å². The quantitative estimate of drug-likeness (QED) is 0.591.